The van der Waals surface area contributed by atoms with E-state index in [1.54, 1.807) is 0 Å². The van der Waals surface area contributed by atoms with Crippen LogP contribution in [0.25, 0.3) is 0 Å². The Kier molecular flexibility index (Phi) is 5.99. The highest BCUT2D eigenvalue weighted by molar-refractivity contribution is 5.80. The fourth-order valence-corrected chi connectivity index (χ4v) is 2.26. The quantitative estimate of drug-likeness (QED) is 0.764. The van der Waals surface area contributed by atoms with E-state index < -0.39 is 5.92 Å². The summed E-state index contributed by atoms with van der Waals surface area (Å²) in [6, 6.07) is 2.05. The van der Waals surface area contributed by atoms with Gasteiger partial charge in [-0.25, -0.2) is 0 Å². The van der Waals surface area contributed by atoms with Gasteiger partial charge in [0.2, 0.25) is 5.91 Å². The number of nitrogens with zero attached hydrogens (tertiary/aromatic N) is 1. The van der Waals surface area contributed by atoms with Crippen molar-refractivity contribution in [2.45, 2.75) is 51.6 Å². The van der Waals surface area contributed by atoms with Crippen molar-refractivity contribution >= 4 is 5.91 Å². The highest BCUT2D eigenvalue weighted by Crippen LogP contribution is 2.23. The first-order valence-corrected chi connectivity index (χ1v) is 6.52. The van der Waals surface area contributed by atoms with Gasteiger partial charge in [-0.1, -0.05) is 13.3 Å². The van der Waals surface area contributed by atoms with Gasteiger partial charge >= 0.3 is 0 Å². The molecule has 0 radical (unpaired) electrons. The van der Waals surface area contributed by atoms with E-state index in [0.29, 0.717) is 18.9 Å². The Morgan fingerprint density at radius 1 is 1.47 bits per heavy atom. The third-order valence-electron chi connectivity index (χ3n) is 3.43. The van der Waals surface area contributed by atoms with Crippen LogP contribution in [0.3, 0.4) is 0 Å². The zero-order valence-electron chi connectivity index (χ0n) is 10.5. The van der Waals surface area contributed by atoms with Crippen molar-refractivity contribution in [3.8, 4) is 6.07 Å². The third-order valence-corrected chi connectivity index (χ3v) is 3.43. The first kappa shape index (κ1) is 14.0. The maximum atomic E-state index is 11.7. The average Bonchev–Trinajstić information content (AvgIpc) is 2.35. The number of hydrogen-bond donors (Lipinski definition) is 2. The first-order chi connectivity index (χ1) is 8.17. The highest BCUT2D eigenvalue weighted by atomic mass is 16.3. The Bertz CT molecular complexity index is 278. The van der Waals surface area contributed by atoms with Gasteiger partial charge < -0.3 is 10.4 Å². The summed E-state index contributed by atoms with van der Waals surface area (Å²) >= 11 is 0. The molecule has 1 saturated carbocycles. The van der Waals surface area contributed by atoms with Gasteiger partial charge in [-0.3, -0.25) is 4.79 Å². The minimum absolute atomic E-state index is 0.138. The van der Waals surface area contributed by atoms with Crippen molar-refractivity contribution in [1.82, 2.24) is 5.32 Å². The summed E-state index contributed by atoms with van der Waals surface area (Å²) in [4.78, 5) is 11.7. The highest BCUT2D eigenvalue weighted by Gasteiger charge is 2.21. The van der Waals surface area contributed by atoms with Crippen molar-refractivity contribution in [3.63, 3.8) is 0 Å². The SMILES string of the molecule is CCCC(C#N)C(=O)NCC1CCC(O)CC1. The van der Waals surface area contributed by atoms with Crippen molar-refractivity contribution in [2.24, 2.45) is 11.8 Å². The predicted octanol–water partition coefficient (Wildman–Crippen LogP) is 1.59. The van der Waals surface area contributed by atoms with Crippen LogP contribution >= 0.6 is 0 Å². The number of nitriles is 1. The molecule has 0 spiro atoms. The number of carbonyl (C=O) groups is 1. The second-order valence-electron chi connectivity index (χ2n) is 4.89. The lowest BCUT2D eigenvalue weighted by Gasteiger charge is -2.25. The van der Waals surface area contributed by atoms with Gasteiger partial charge in [0.15, 0.2) is 0 Å². The Balaban J connectivity index is 2.25. The van der Waals surface area contributed by atoms with Gasteiger partial charge in [0.25, 0.3) is 0 Å². The lowest BCUT2D eigenvalue weighted by atomic mass is 9.87. The lowest BCUT2D eigenvalue weighted by Crippen LogP contribution is -2.35. The molecule has 4 nitrogen and oxygen atoms in total. The standard InChI is InChI=1S/C13H22N2O2/c1-2-3-11(8-14)13(17)15-9-10-4-6-12(16)7-5-10/h10-12,16H,2-7,9H2,1H3,(H,15,17). The Labute approximate surface area is 103 Å². The summed E-state index contributed by atoms with van der Waals surface area (Å²) < 4.78 is 0. The van der Waals surface area contributed by atoms with Gasteiger partial charge in [0.1, 0.15) is 5.92 Å². The molecule has 4 heteroatoms. The largest absolute Gasteiger partial charge is 0.393 e. The minimum atomic E-state index is -0.505. The number of aliphatic hydroxyl groups excluding tert-OH is 1. The average molecular weight is 238 g/mol. The van der Waals surface area contributed by atoms with Crippen LogP contribution < -0.4 is 5.32 Å². The lowest BCUT2D eigenvalue weighted by molar-refractivity contribution is -0.123. The molecule has 96 valence electrons. The van der Waals surface area contributed by atoms with Gasteiger partial charge in [-0.2, -0.15) is 5.26 Å². The van der Waals surface area contributed by atoms with Gasteiger partial charge in [0.05, 0.1) is 12.2 Å². The van der Waals surface area contributed by atoms with E-state index in [1.165, 1.54) is 0 Å². The molecule has 0 saturated heterocycles. The summed E-state index contributed by atoms with van der Waals surface area (Å²) in [7, 11) is 0. The summed E-state index contributed by atoms with van der Waals surface area (Å²) in [6.07, 6.45) is 4.91. The molecule has 0 bridgehead atoms. The monoisotopic (exact) mass is 238 g/mol. The van der Waals surface area contributed by atoms with Crippen molar-refractivity contribution in [3.05, 3.63) is 0 Å². The van der Waals surface area contributed by atoms with Crippen LogP contribution in [0, 0.1) is 23.2 Å². The normalized spacial score (nSPS) is 25.9. The molecule has 0 aromatic rings. The fourth-order valence-electron chi connectivity index (χ4n) is 2.26. The molecule has 1 aliphatic carbocycles. The van der Waals surface area contributed by atoms with Crippen LogP contribution in [0.15, 0.2) is 0 Å². The summed E-state index contributed by atoms with van der Waals surface area (Å²) in [6.45, 7) is 2.62. The smallest absolute Gasteiger partial charge is 0.237 e. The van der Waals surface area contributed by atoms with E-state index in [0.717, 1.165) is 32.1 Å². The van der Waals surface area contributed by atoms with Gasteiger partial charge in [0, 0.05) is 6.54 Å². The van der Waals surface area contributed by atoms with Crippen LogP contribution in [0.2, 0.25) is 0 Å². The van der Waals surface area contributed by atoms with Crippen LogP contribution in [-0.4, -0.2) is 23.7 Å². The van der Waals surface area contributed by atoms with E-state index in [9.17, 15) is 9.90 Å². The molecule has 0 heterocycles. The molecule has 1 fully saturated rings. The topological polar surface area (TPSA) is 73.1 Å². The molecule has 2 N–H and O–H groups in total. The predicted molar refractivity (Wildman–Crippen MR) is 65.0 cm³/mol. The molecule has 1 rings (SSSR count). The zero-order chi connectivity index (χ0) is 12.7. The summed E-state index contributed by atoms with van der Waals surface area (Å²) in [5, 5.41) is 21.1. The molecule has 0 aromatic carbocycles. The van der Waals surface area contributed by atoms with Gasteiger partial charge in [-0.15, -0.1) is 0 Å². The molecule has 1 atom stereocenters. The Morgan fingerprint density at radius 2 is 2.12 bits per heavy atom. The molecule has 0 aromatic heterocycles. The first-order valence-electron chi connectivity index (χ1n) is 6.52. The second kappa shape index (κ2) is 7.29. The van der Waals surface area contributed by atoms with Gasteiger partial charge in [-0.05, 0) is 38.0 Å². The molecular formula is C13H22N2O2. The maximum absolute atomic E-state index is 11.7. The summed E-state index contributed by atoms with van der Waals surface area (Å²) in [5.41, 5.74) is 0. The zero-order valence-corrected chi connectivity index (χ0v) is 10.5. The Hall–Kier alpha value is -1.08. The molecule has 1 amide bonds. The van der Waals surface area contributed by atoms with E-state index in [4.69, 9.17) is 5.26 Å². The molecule has 0 aliphatic heterocycles. The number of carbonyl (C=O) groups excluding carboxylic acids is 1. The van der Waals surface area contributed by atoms with E-state index in [-0.39, 0.29) is 12.0 Å². The Morgan fingerprint density at radius 3 is 2.65 bits per heavy atom. The number of amides is 1. The molecule has 1 aliphatic rings. The maximum Gasteiger partial charge on any atom is 0.237 e. The van der Waals surface area contributed by atoms with E-state index in [2.05, 4.69) is 5.32 Å². The number of nitrogens with one attached hydrogen (secondary N) is 1. The number of aliphatic hydroxyl groups is 1. The number of rotatable bonds is 5. The van der Waals surface area contributed by atoms with Crippen LogP contribution in [0.1, 0.15) is 45.4 Å². The van der Waals surface area contributed by atoms with Crippen molar-refractivity contribution < 1.29 is 9.90 Å². The van der Waals surface area contributed by atoms with E-state index >= 15 is 0 Å². The molecular weight excluding hydrogens is 216 g/mol. The third kappa shape index (κ3) is 4.74. The summed E-state index contributed by atoms with van der Waals surface area (Å²) in [5.74, 6) is -0.182. The molecule has 17 heavy (non-hydrogen) atoms. The fraction of sp³-hybridized carbons (Fsp3) is 0.846. The van der Waals surface area contributed by atoms with E-state index in [1.807, 2.05) is 13.0 Å². The van der Waals surface area contributed by atoms with Crippen molar-refractivity contribution in [1.29, 1.82) is 5.26 Å². The number of hydrogen-bond acceptors (Lipinski definition) is 3. The minimum Gasteiger partial charge on any atom is -0.393 e. The second-order valence-corrected chi connectivity index (χ2v) is 4.89. The van der Waals surface area contributed by atoms with Crippen LogP contribution in [0.5, 0.6) is 0 Å². The van der Waals surface area contributed by atoms with Crippen LogP contribution in [-0.2, 0) is 4.79 Å². The van der Waals surface area contributed by atoms with Crippen molar-refractivity contribution in [2.75, 3.05) is 6.54 Å². The molecule has 1 unspecified atom stereocenters. The van der Waals surface area contributed by atoms with Crippen LogP contribution in [0.4, 0.5) is 0 Å².